The van der Waals surface area contributed by atoms with Gasteiger partial charge in [0.1, 0.15) is 40.5 Å². The number of ether oxygens (including phenoxy) is 1. The van der Waals surface area contributed by atoms with Crippen LogP contribution in [0.25, 0.3) is 10.6 Å². The molecular formula is C24H17F3N2O2S. The second kappa shape index (κ2) is 9.23. The van der Waals surface area contributed by atoms with Crippen LogP contribution in [0.1, 0.15) is 21.6 Å². The van der Waals surface area contributed by atoms with Gasteiger partial charge < -0.3 is 10.1 Å². The van der Waals surface area contributed by atoms with Crippen molar-refractivity contribution in [3.63, 3.8) is 0 Å². The molecule has 0 saturated carbocycles. The smallest absolute Gasteiger partial charge is 0.275 e. The second-order valence-corrected chi connectivity index (χ2v) is 7.88. The van der Waals surface area contributed by atoms with Crippen molar-refractivity contribution in [3.8, 4) is 16.3 Å². The van der Waals surface area contributed by atoms with Gasteiger partial charge in [0.25, 0.3) is 5.91 Å². The summed E-state index contributed by atoms with van der Waals surface area (Å²) in [5, 5.41) is 4.73. The Morgan fingerprint density at radius 2 is 1.75 bits per heavy atom. The number of rotatable bonds is 6. The van der Waals surface area contributed by atoms with E-state index in [9.17, 15) is 18.0 Å². The highest BCUT2D eigenvalue weighted by atomic mass is 32.1. The van der Waals surface area contributed by atoms with Crippen molar-refractivity contribution in [1.82, 2.24) is 4.98 Å². The minimum Gasteiger partial charge on any atom is -0.489 e. The van der Waals surface area contributed by atoms with Crippen LogP contribution in [0.15, 0.2) is 66.0 Å². The van der Waals surface area contributed by atoms with Crippen LogP contribution in [-0.4, -0.2) is 10.9 Å². The number of benzene rings is 3. The maximum atomic E-state index is 13.9. The predicted molar refractivity (Wildman–Crippen MR) is 117 cm³/mol. The summed E-state index contributed by atoms with van der Waals surface area (Å²) in [5.74, 6) is -1.62. The third-order valence-electron chi connectivity index (χ3n) is 4.61. The molecule has 4 rings (SSSR count). The number of carbonyl (C=O) groups excluding carboxylic acids is 1. The van der Waals surface area contributed by atoms with Crippen molar-refractivity contribution in [3.05, 3.63) is 100 Å². The van der Waals surface area contributed by atoms with E-state index in [4.69, 9.17) is 4.74 Å². The van der Waals surface area contributed by atoms with Crippen molar-refractivity contribution in [2.45, 2.75) is 13.5 Å². The van der Waals surface area contributed by atoms with E-state index >= 15 is 0 Å². The molecule has 162 valence electrons. The summed E-state index contributed by atoms with van der Waals surface area (Å²) in [5.41, 5.74) is 1.96. The van der Waals surface area contributed by atoms with E-state index in [2.05, 4.69) is 10.3 Å². The fraction of sp³-hybridized carbons (Fsp3) is 0.0833. The molecule has 0 saturated heterocycles. The number of nitrogens with one attached hydrogen (secondary N) is 1. The molecule has 0 aliphatic carbocycles. The van der Waals surface area contributed by atoms with Gasteiger partial charge in [-0.3, -0.25) is 4.79 Å². The first-order valence-corrected chi connectivity index (χ1v) is 10.5. The van der Waals surface area contributed by atoms with Crippen molar-refractivity contribution in [1.29, 1.82) is 0 Å². The summed E-state index contributed by atoms with van der Waals surface area (Å²) in [6.45, 7) is 1.69. The van der Waals surface area contributed by atoms with Crippen LogP contribution < -0.4 is 10.1 Å². The van der Waals surface area contributed by atoms with Crippen LogP contribution in [0, 0.1) is 24.4 Å². The highest BCUT2D eigenvalue weighted by Gasteiger charge is 2.14. The van der Waals surface area contributed by atoms with Gasteiger partial charge in [-0.15, -0.1) is 11.3 Å². The highest BCUT2D eigenvalue weighted by Crippen LogP contribution is 2.27. The van der Waals surface area contributed by atoms with E-state index < -0.39 is 23.4 Å². The van der Waals surface area contributed by atoms with Gasteiger partial charge in [-0.05, 0) is 67.1 Å². The van der Waals surface area contributed by atoms with E-state index in [0.29, 0.717) is 10.8 Å². The standard InChI is InChI=1S/C24H17F3N2O2S/c1-14-2-8-20(27)21(10-14)28-23(30)22-13-32-24(29-22)15-3-6-18(7-4-15)31-12-16-11-17(25)5-9-19(16)26/h2-11,13H,12H2,1H3,(H,28,30). The quantitative estimate of drug-likeness (QED) is 0.368. The van der Waals surface area contributed by atoms with Gasteiger partial charge >= 0.3 is 0 Å². The lowest BCUT2D eigenvalue weighted by atomic mass is 10.2. The number of anilines is 1. The molecule has 0 fully saturated rings. The molecule has 32 heavy (non-hydrogen) atoms. The highest BCUT2D eigenvalue weighted by molar-refractivity contribution is 7.13. The lowest BCUT2D eigenvalue weighted by Gasteiger charge is -2.08. The summed E-state index contributed by atoms with van der Waals surface area (Å²) < 4.78 is 46.4. The maximum absolute atomic E-state index is 13.9. The number of nitrogens with zero attached hydrogens (tertiary/aromatic N) is 1. The monoisotopic (exact) mass is 454 g/mol. The molecule has 3 aromatic carbocycles. The number of halogens is 3. The normalized spacial score (nSPS) is 10.8. The summed E-state index contributed by atoms with van der Waals surface area (Å²) in [6.07, 6.45) is 0. The molecule has 0 bridgehead atoms. The van der Waals surface area contributed by atoms with Gasteiger partial charge in [-0.25, -0.2) is 18.2 Å². The number of aryl methyl sites for hydroxylation is 1. The molecule has 1 N–H and O–H groups in total. The number of hydrogen-bond acceptors (Lipinski definition) is 4. The fourth-order valence-corrected chi connectivity index (χ4v) is 3.75. The van der Waals surface area contributed by atoms with Crippen LogP contribution in [0.5, 0.6) is 5.75 Å². The Morgan fingerprint density at radius 1 is 1.00 bits per heavy atom. The Hall–Kier alpha value is -3.65. The lowest BCUT2D eigenvalue weighted by molar-refractivity contribution is 0.102. The van der Waals surface area contributed by atoms with E-state index in [-0.39, 0.29) is 23.6 Å². The molecule has 8 heteroatoms. The predicted octanol–water partition coefficient (Wildman–Crippen LogP) is 6.37. The van der Waals surface area contributed by atoms with E-state index in [1.165, 1.54) is 17.4 Å². The molecule has 4 aromatic rings. The van der Waals surface area contributed by atoms with Crippen molar-refractivity contribution in [2.24, 2.45) is 0 Å². The van der Waals surface area contributed by atoms with E-state index in [1.807, 2.05) is 0 Å². The number of hydrogen-bond donors (Lipinski definition) is 1. The number of thiazole rings is 1. The Bertz CT molecular complexity index is 1270. The Balaban J connectivity index is 1.42. The van der Waals surface area contributed by atoms with Gasteiger partial charge in [0.2, 0.25) is 0 Å². The second-order valence-electron chi connectivity index (χ2n) is 7.02. The first-order chi connectivity index (χ1) is 15.4. The van der Waals surface area contributed by atoms with Crippen LogP contribution in [0.2, 0.25) is 0 Å². The minimum atomic E-state index is -0.540. The third kappa shape index (κ3) is 4.97. The molecule has 1 aromatic heterocycles. The summed E-state index contributed by atoms with van der Waals surface area (Å²) >= 11 is 1.27. The molecule has 1 heterocycles. The largest absolute Gasteiger partial charge is 0.489 e. The van der Waals surface area contributed by atoms with E-state index in [1.54, 1.807) is 48.7 Å². The molecule has 0 atom stereocenters. The molecule has 0 aliphatic rings. The maximum Gasteiger partial charge on any atom is 0.275 e. The first kappa shape index (κ1) is 21.6. The summed E-state index contributed by atoms with van der Waals surface area (Å²) in [7, 11) is 0. The van der Waals surface area contributed by atoms with Gasteiger partial charge in [-0.2, -0.15) is 0 Å². The van der Waals surface area contributed by atoms with Gasteiger partial charge in [0.15, 0.2) is 0 Å². The number of amides is 1. The van der Waals surface area contributed by atoms with Crippen LogP contribution >= 0.6 is 11.3 Å². The van der Waals surface area contributed by atoms with Gasteiger partial charge in [-0.1, -0.05) is 6.07 Å². The Morgan fingerprint density at radius 3 is 2.53 bits per heavy atom. The zero-order valence-corrected chi connectivity index (χ0v) is 17.7. The summed E-state index contributed by atoms with van der Waals surface area (Å²) in [4.78, 5) is 16.8. The Kier molecular flexibility index (Phi) is 6.23. The lowest BCUT2D eigenvalue weighted by Crippen LogP contribution is -2.13. The zero-order valence-electron chi connectivity index (χ0n) is 16.9. The third-order valence-corrected chi connectivity index (χ3v) is 5.50. The Labute approximate surface area is 186 Å². The molecule has 0 aliphatic heterocycles. The molecule has 0 radical (unpaired) electrons. The summed E-state index contributed by atoms with van der Waals surface area (Å²) in [6, 6.07) is 14.5. The molecular weight excluding hydrogens is 437 g/mol. The molecule has 0 spiro atoms. The van der Waals surface area contributed by atoms with Crippen LogP contribution in [0.3, 0.4) is 0 Å². The van der Waals surface area contributed by atoms with Gasteiger partial charge in [0, 0.05) is 16.5 Å². The zero-order chi connectivity index (χ0) is 22.7. The first-order valence-electron chi connectivity index (χ1n) is 9.59. The topological polar surface area (TPSA) is 51.2 Å². The van der Waals surface area contributed by atoms with E-state index in [0.717, 1.165) is 29.3 Å². The van der Waals surface area contributed by atoms with Crippen molar-refractivity contribution < 1.29 is 22.7 Å². The average Bonchev–Trinajstić information content (AvgIpc) is 3.28. The number of carbonyl (C=O) groups is 1. The molecule has 4 nitrogen and oxygen atoms in total. The fourth-order valence-electron chi connectivity index (χ4n) is 2.94. The van der Waals surface area contributed by atoms with Gasteiger partial charge in [0.05, 0.1) is 5.69 Å². The minimum absolute atomic E-state index is 0.0979. The van der Waals surface area contributed by atoms with Crippen LogP contribution in [0.4, 0.5) is 18.9 Å². The van der Waals surface area contributed by atoms with Crippen molar-refractivity contribution in [2.75, 3.05) is 5.32 Å². The molecule has 0 unspecified atom stereocenters. The molecule has 1 amide bonds. The van der Waals surface area contributed by atoms with Crippen molar-refractivity contribution >= 4 is 22.9 Å². The SMILES string of the molecule is Cc1ccc(F)c(NC(=O)c2csc(-c3ccc(OCc4cc(F)ccc4F)cc3)n2)c1. The average molecular weight is 454 g/mol. The van der Waals surface area contributed by atoms with Crippen LogP contribution in [-0.2, 0) is 6.61 Å². The number of aromatic nitrogens is 1.